The number of rotatable bonds is 8. The summed E-state index contributed by atoms with van der Waals surface area (Å²) in [5.41, 5.74) is 0.726. The van der Waals surface area contributed by atoms with Gasteiger partial charge in [-0.2, -0.15) is 0 Å². The van der Waals surface area contributed by atoms with Crippen LogP contribution in [-0.2, 0) is 11.3 Å². The summed E-state index contributed by atoms with van der Waals surface area (Å²) in [6.07, 6.45) is 0.145. The molecule has 3 N–H and O–H groups in total. The molecule has 1 fully saturated rings. The highest BCUT2D eigenvalue weighted by Gasteiger charge is 2.21. The lowest BCUT2D eigenvalue weighted by molar-refractivity contribution is -0.0284. The minimum Gasteiger partial charge on any atom is -0.504 e. The average molecular weight is 506 g/mol. The van der Waals surface area contributed by atoms with Crippen LogP contribution in [-0.4, -0.2) is 68.5 Å². The van der Waals surface area contributed by atoms with Gasteiger partial charge in [0.05, 0.1) is 26.4 Å². The zero-order chi connectivity index (χ0) is 19.6. The third-order valence-corrected chi connectivity index (χ3v) is 4.40. The molecular formula is C20H35IN4O3. The van der Waals surface area contributed by atoms with E-state index in [0.717, 1.165) is 38.3 Å². The third kappa shape index (κ3) is 8.00. The summed E-state index contributed by atoms with van der Waals surface area (Å²) >= 11 is 0. The first-order valence-electron chi connectivity index (χ1n) is 9.74. The van der Waals surface area contributed by atoms with Crippen molar-refractivity contribution >= 4 is 29.9 Å². The Morgan fingerprint density at radius 2 is 2.18 bits per heavy atom. The van der Waals surface area contributed by atoms with Crippen molar-refractivity contribution in [1.29, 1.82) is 0 Å². The molecule has 2 rings (SSSR count). The predicted octanol–water partition coefficient (Wildman–Crippen LogP) is 2.43. The Kier molecular flexibility index (Phi) is 11.6. The number of guanidine groups is 1. The number of nitrogens with one attached hydrogen (secondary N) is 2. The highest BCUT2D eigenvalue weighted by Crippen LogP contribution is 2.29. The van der Waals surface area contributed by atoms with Crippen molar-refractivity contribution in [3.63, 3.8) is 0 Å². The van der Waals surface area contributed by atoms with E-state index in [-0.39, 0.29) is 35.8 Å². The number of aliphatic imine (C=N–C) groups is 1. The number of benzene rings is 1. The van der Waals surface area contributed by atoms with Crippen molar-refractivity contribution in [2.45, 2.75) is 33.4 Å². The van der Waals surface area contributed by atoms with Crippen molar-refractivity contribution in [1.82, 2.24) is 15.5 Å². The van der Waals surface area contributed by atoms with E-state index in [1.807, 2.05) is 19.1 Å². The van der Waals surface area contributed by atoms with Crippen LogP contribution in [0.15, 0.2) is 23.2 Å². The van der Waals surface area contributed by atoms with E-state index in [1.54, 1.807) is 13.2 Å². The number of nitrogens with zero attached hydrogens (tertiary/aromatic N) is 2. The molecule has 0 amide bonds. The van der Waals surface area contributed by atoms with Gasteiger partial charge in [-0.15, -0.1) is 24.0 Å². The molecule has 1 saturated heterocycles. The van der Waals surface area contributed by atoms with Gasteiger partial charge in [-0.25, -0.2) is 4.99 Å². The molecule has 1 aliphatic heterocycles. The minimum atomic E-state index is 0. The first-order valence-corrected chi connectivity index (χ1v) is 9.74. The number of methoxy groups -OCH3 is 1. The van der Waals surface area contributed by atoms with Gasteiger partial charge < -0.3 is 25.2 Å². The minimum absolute atomic E-state index is 0. The molecule has 8 heteroatoms. The van der Waals surface area contributed by atoms with E-state index in [0.29, 0.717) is 30.7 Å². The Hall–Kier alpha value is -1.26. The number of halogens is 1. The van der Waals surface area contributed by atoms with Crippen LogP contribution in [0.5, 0.6) is 11.5 Å². The summed E-state index contributed by atoms with van der Waals surface area (Å²) in [4.78, 5) is 7.04. The second-order valence-electron chi connectivity index (χ2n) is 7.19. The number of ether oxygens (including phenoxy) is 2. The van der Waals surface area contributed by atoms with Crippen molar-refractivity contribution in [2.75, 3.05) is 46.4 Å². The van der Waals surface area contributed by atoms with Crippen LogP contribution in [0.25, 0.3) is 0 Å². The lowest BCUT2D eigenvalue weighted by Gasteiger charge is -2.34. The molecule has 1 unspecified atom stereocenters. The normalized spacial score (nSPS) is 17.9. The van der Waals surface area contributed by atoms with Gasteiger partial charge in [-0.3, -0.25) is 4.90 Å². The van der Waals surface area contributed by atoms with Crippen LogP contribution in [0, 0.1) is 5.92 Å². The predicted molar refractivity (Wildman–Crippen MR) is 124 cm³/mol. The molecule has 28 heavy (non-hydrogen) atoms. The molecule has 160 valence electrons. The summed E-state index contributed by atoms with van der Waals surface area (Å²) in [5, 5.41) is 16.8. The second-order valence-corrected chi connectivity index (χ2v) is 7.19. The highest BCUT2D eigenvalue weighted by atomic mass is 127. The van der Waals surface area contributed by atoms with E-state index in [4.69, 9.17) is 9.47 Å². The Morgan fingerprint density at radius 3 is 2.86 bits per heavy atom. The van der Waals surface area contributed by atoms with Gasteiger partial charge >= 0.3 is 0 Å². The Labute approximate surface area is 185 Å². The van der Waals surface area contributed by atoms with Gasteiger partial charge in [-0.1, -0.05) is 26.0 Å². The zero-order valence-corrected chi connectivity index (χ0v) is 19.7. The van der Waals surface area contributed by atoms with E-state index in [1.165, 1.54) is 0 Å². The van der Waals surface area contributed by atoms with Crippen molar-refractivity contribution in [2.24, 2.45) is 10.9 Å². The standard InChI is InChI=1S/C20H34N4O3.HI/c1-5-21-20(22-11-16-7-6-8-18(26-4)19(16)25)23-12-17-14-24(9-10-27-17)13-15(2)3;/h6-8,15,17,25H,5,9-14H2,1-4H3,(H2,21,22,23);1H. The van der Waals surface area contributed by atoms with Gasteiger partial charge in [0.15, 0.2) is 17.5 Å². The lowest BCUT2D eigenvalue weighted by atomic mass is 10.2. The topological polar surface area (TPSA) is 78.4 Å². The summed E-state index contributed by atoms with van der Waals surface area (Å²) in [5.74, 6) is 1.97. The highest BCUT2D eigenvalue weighted by molar-refractivity contribution is 14.0. The van der Waals surface area contributed by atoms with Crippen LogP contribution in [0.2, 0.25) is 0 Å². The Balaban J connectivity index is 0.00000392. The first kappa shape index (κ1) is 24.8. The number of morpholine rings is 1. The van der Waals surface area contributed by atoms with Crippen LogP contribution in [0.4, 0.5) is 0 Å². The monoisotopic (exact) mass is 506 g/mol. The maximum atomic E-state index is 10.2. The summed E-state index contributed by atoms with van der Waals surface area (Å²) in [7, 11) is 1.54. The fourth-order valence-electron chi connectivity index (χ4n) is 3.16. The SMILES string of the molecule is CCNC(=NCc1cccc(OC)c1O)NCC1CN(CC(C)C)CCO1.I. The molecule has 7 nitrogen and oxygen atoms in total. The maximum Gasteiger partial charge on any atom is 0.191 e. The molecular weight excluding hydrogens is 471 g/mol. The molecule has 1 heterocycles. The largest absolute Gasteiger partial charge is 0.504 e. The molecule has 0 radical (unpaired) electrons. The van der Waals surface area contributed by atoms with E-state index >= 15 is 0 Å². The number of hydrogen-bond acceptors (Lipinski definition) is 5. The molecule has 0 bridgehead atoms. The van der Waals surface area contributed by atoms with E-state index in [2.05, 4.69) is 34.4 Å². The fourth-order valence-corrected chi connectivity index (χ4v) is 3.16. The second kappa shape index (κ2) is 13.1. The molecule has 1 atom stereocenters. The van der Waals surface area contributed by atoms with Gasteiger partial charge in [0, 0.05) is 38.3 Å². The van der Waals surface area contributed by atoms with E-state index < -0.39 is 0 Å². The number of para-hydroxylation sites is 1. The molecule has 0 aliphatic carbocycles. The molecule has 0 aromatic heterocycles. The van der Waals surface area contributed by atoms with Crippen molar-refractivity contribution in [3.8, 4) is 11.5 Å². The number of aromatic hydroxyl groups is 1. The number of phenols is 1. The van der Waals surface area contributed by atoms with Crippen LogP contribution in [0.3, 0.4) is 0 Å². The maximum absolute atomic E-state index is 10.2. The van der Waals surface area contributed by atoms with Crippen molar-refractivity contribution < 1.29 is 14.6 Å². The Bertz CT molecular complexity index is 613. The number of hydrogen-bond donors (Lipinski definition) is 3. The summed E-state index contributed by atoms with van der Waals surface area (Å²) in [6.45, 7) is 12.1. The van der Waals surface area contributed by atoms with Crippen LogP contribution >= 0.6 is 24.0 Å². The van der Waals surface area contributed by atoms with E-state index in [9.17, 15) is 5.11 Å². The molecule has 1 aliphatic rings. The van der Waals surface area contributed by atoms with Gasteiger partial charge in [0.1, 0.15) is 0 Å². The van der Waals surface area contributed by atoms with Gasteiger partial charge in [0.25, 0.3) is 0 Å². The Morgan fingerprint density at radius 1 is 1.39 bits per heavy atom. The molecule has 0 saturated carbocycles. The molecule has 0 spiro atoms. The fraction of sp³-hybridized carbons (Fsp3) is 0.650. The summed E-state index contributed by atoms with van der Waals surface area (Å²) < 4.78 is 11.0. The zero-order valence-electron chi connectivity index (χ0n) is 17.4. The van der Waals surface area contributed by atoms with Gasteiger partial charge in [-0.05, 0) is 18.9 Å². The number of phenolic OH excluding ortho intramolecular Hbond substituents is 1. The third-order valence-electron chi connectivity index (χ3n) is 4.40. The summed E-state index contributed by atoms with van der Waals surface area (Å²) in [6, 6.07) is 5.43. The molecule has 1 aromatic rings. The smallest absolute Gasteiger partial charge is 0.191 e. The quantitative estimate of drug-likeness (QED) is 0.286. The average Bonchev–Trinajstić information content (AvgIpc) is 2.65. The van der Waals surface area contributed by atoms with Crippen molar-refractivity contribution in [3.05, 3.63) is 23.8 Å². The van der Waals surface area contributed by atoms with Crippen LogP contribution < -0.4 is 15.4 Å². The lowest BCUT2D eigenvalue weighted by Crippen LogP contribution is -2.50. The molecule has 1 aromatic carbocycles. The van der Waals surface area contributed by atoms with Gasteiger partial charge in [0.2, 0.25) is 0 Å². The first-order chi connectivity index (χ1) is 13.0. The van der Waals surface area contributed by atoms with Crippen LogP contribution in [0.1, 0.15) is 26.3 Å².